The number of rotatable bonds is 2. The van der Waals surface area contributed by atoms with Crippen LogP contribution >= 0.6 is 23.2 Å². The maximum atomic E-state index is 6.23. The molecule has 1 aliphatic rings. The van der Waals surface area contributed by atoms with Gasteiger partial charge in [-0.1, -0.05) is 48.2 Å². The Morgan fingerprint density at radius 2 is 1.87 bits per heavy atom. The quantitative estimate of drug-likeness (QED) is 0.829. The molecule has 3 heteroatoms. The average molecular weight is 244 g/mol. The monoisotopic (exact) mass is 243 g/mol. The van der Waals surface area contributed by atoms with Crippen molar-refractivity contribution in [2.75, 3.05) is 0 Å². The Bertz CT molecular complexity index is 345. The van der Waals surface area contributed by atoms with Gasteiger partial charge in [0, 0.05) is 6.04 Å². The van der Waals surface area contributed by atoms with Crippen LogP contribution in [0.25, 0.3) is 0 Å². The smallest absolute Gasteiger partial charge is 0.0640 e. The van der Waals surface area contributed by atoms with Gasteiger partial charge in [0.1, 0.15) is 0 Å². The van der Waals surface area contributed by atoms with Crippen LogP contribution in [0.2, 0.25) is 10.0 Å². The number of hydrogen-bond donors (Lipinski definition) is 1. The molecule has 1 unspecified atom stereocenters. The van der Waals surface area contributed by atoms with Crippen molar-refractivity contribution in [1.82, 2.24) is 0 Å². The summed E-state index contributed by atoms with van der Waals surface area (Å²) in [5.74, 6) is 0.570. The topological polar surface area (TPSA) is 26.0 Å². The molecule has 1 aromatic carbocycles. The molecule has 1 aliphatic carbocycles. The van der Waals surface area contributed by atoms with Crippen LogP contribution in [-0.4, -0.2) is 0 Å². The van der Waals surface area contributed by atoms with Crippen LogP contribution in [-0.2, 0) is 0 Å². The first-order valence-corrected chi connectivity index (χ1v) is 6.15. The van der Waals surface area contributed by atoms with E-state index in [1.54, 1.807) is 6.07 Å². The Labute approximate surface area is 101 Å². The number of benzene rings is 1. The van der Waals surface area contributed by atoms with Crippen molar-refractivity contribution in [2.45, 2.75) is 31.7 Å². The van der Waals surface area contributed by atoms with E-state index in [0.717, 1.165) is 5.56 Å². The molecule has 0 bridgehead atoms. The van der Waals surface area contributed by atoms with Crippen molar-refractivity contribution in [3.05, 3.63) is 33.8 Å². The lowest BCUT2D eigenvalue weighted by Crippen LogP contribution is -2.19. The third-order valence-corrected chi connectivity index (χ3v) is 4.08. The van der Waals surface area contributed by atoms with Crippen LogP contribution in [0.1, 0.15) is 37.3 Å². The van der Waals surface area contributed by atoms with Gasteiger partial charge in [-0.25, -0.2) is 0 Å². The molecule has 0 aromatic heterocycles. The maximum Gasteiger partial charge on any atom is 0.0640 e. The first-order chi connectivity index (χ1) is 7.20. The lowest BCUT2D eigenvalue weighted by atomic mass is 9.92. The van der Waals surface area contributed by atoms with Gasteiger partial charge in [0.25, 0.3) is 0 Å². The molecule has 1 fully saturated rings. The zero-order chi connectivity index (χ0) is 10.8. The summed E-state index contributed by atoms with van der Waals surface area (Å²) in [5.41, 5.74) is 7.22. The van der Waals surface area contributed by atoms with Crippen molar-refractivity contribution >= 4 is 23.2 Å². The van der Waals surface area contributed by atoms with E-state index in [-0.39, 0.29) is 6.04 Å². The molecule has 82 valence electrons. The van der Waals surface area contributed by atoms with Crippen molar-refractivity contribution in [3.63, 3.8) is 0 Å². The molecule has 15 heavy (non-hydrogen) atoms. The molecule has 0 spiro atoms. The average Bonchev–Trinajstić information content (AvgIpc) is 2.74. The zero-order valence-electron chi connectivity index (χ0n) is 8.55. The third kappa shape index (κ3) is 2.30. The third-order valence-electron chi connectivity index (χ3n) is 3.25. The standard InChI is InChI=1S/C12H15Cl2N/c13-10-7-3-6-9(11(10)14)12(15)8-4-1-2-5-8/h3,6-8,12H,1-2,4-5,15H2. The van der Waals surface area contributed by atoms with E-state index < -0.39 is 0 Å². The van der Waals surface area contributed by atoms with Gasteiger partial charge in [-0.05, 0) is 30.4 Å². The van der Waals surface area contributed by atoms with Crippen LogP contribution < -0.4 is 5.73 Å². The van der Waals surface area contributed by atoms with Gasteiger partial charge in [0.15, 0.2) is 0 Å². The van der Waals surface area contributed by atoms with Crippen LogP contribution in [0.5, 0.6) is 0 Å². The van der Waals surface area contributed by atoms with Crippen LogP contribution in [0.4, 0.5) is 0 Å². The Kier molecular flexibility index (Phi) is 3.55. The minimum Gasteiger partial charge on any atom is -0.324 e. The summed E-state index contributed by atoms with van der Waals surface area (Å²) >= 11 is 12.1. The van der Waals surface area contributed by atoms with Gasteiger partial charge in [0.05, 0.1) is 10.0 Å². The minimum atomic E-state index is 0.0405. The summed E-state index contributed by atoms with van der Waals surface area (Å²) in [7, 11) is 0. The van der Waals surface area contributed by atoms with Crippen molar-refractivity contribution < 1.29 is 0 Å². The highest BCUT2D eigenvalue weighted by molar-refractivity contribution is 6.42. The Balaban J connectivity index is 2.24. The second-order valence-corrected chi connectivity index (χ2v) is 5.00. The molecule has 0 aliphatic heterocycles. The summed E-state index contributed by atoms with van der Waals surface area (Å²) in [6, 6.07) is 5.74. The molecule has 2 rings (SSSR count). The van der Waals surface area contributed by atoms with Crippen molar-refractivity contribution in [2.24, 2.45) is 11.7 Å². The van der Waals surface area contributed by atoms with E-state index in [0.29, 0.717) is 16.0 Å². The summed E-state index contributed by atoms with van der Waals surface area (Å²) in [6.07, 6.45) is 5.00. The summed E-state index contributed by atoms with van der Waals surface area (Å²) in [4.78, 5) is 0. The van der Waals surface area contributed by atoms with Crippen LogP contribution in [0, 0.1) is 5.92 Å². The molecule has 1 atom stereocenters. The molecule has 1 aromatic rings. The lowest BCUT2D eigenvalue weighted by molar-refractivity contribution is 0.445. The number of hydrogen-bond acceptors (Lipinski definition) is 1. The maximum absolute atomic E-state index is 6.23. The Hall–Kier alpha value is -0.240. The molecule has 0 heterocycles. The van der Waals surface area contributed by atoms with E-state index in [1.165, 1.54) is 25.7 Å². The van der Waals surface area contributed by atoms with E-state index in [1.807, 2.05) is 12.1 Å². The highest BCUT2D eigenvalue weighted by atomic mass is 35.5. The molecule has 1 saturated carbocycles. The fraction of sp³-hybridized carbons (Fsp3) is 0.500. The predicted octanol–water partition coefficient (Wildman–Crippen LogP) is 4.18. The first-order valence-electron chi connectivity index (χ1n) is 5.39. The van der Waals surface area contributed by atoms with Crippen LogP contribution in [0.15, 0.2) is 18.2 Å². The molecular weight excluding hydrogens is 229 g/mol. The van der Waals surface area contributed by atoms with E-state index in [2.05, 4.69) is 0 Å². The molecule has 0 amide bonds. The van der Waals surface area contributed by atoms with Gasteiger partial charge in [-0.15, -0.1) is 0 Å². The highest BCUT2D eigenvalue weighted by Gasteiger charge is 2.25. The molecule has 1 nitrogen and oxygen atoms in total. The molecular formula is C12H15Cl2N. The first kappa shape index (κ1) is 11.3. The second-order valence-electron chi connectivity index (χ2n) is 4.21. The van der Waals surface area contributed by atoms with E-state index >= 15 is 0 Å². The summed E-state index contributed by atoms with van der Waals surface area (Å²) < 4.78 is 0. The number of halogens is 2. The van der Waals surface area contributed by atoms with Crippen molar-refractivity contribution in [3.8, 4) is 0 Å². The predicted molar refractivity (Wildman–Crippen MR) is 65.3 cm³/mol. The summed E-state index contributed by atoms with van der Waals surface area (Å²) in [5, 5.41) is 1.22. The zero-order valence-corrected chi connectivity index (χ0v) is 10.1. The minimum absolute atomic E-state index is 0.0405. The fourth-order valence-corrected chi connectivity index (χ4v) is 2.78. The molecule has 2 N–H and O–H groups in total. The number of nitrogens with two attached hydrogens (primary N) is 1. The van der Waals surface area contributed by atoms with Gasteiger partial charge in [-0.3, -0.25) is 0 Å². The largest absolute Gasteiger partial charge is 0.324 e. The SMILES string of the molecule is NC(c1cccc(Cl)c1Cl)C1CCCC1. The second kappa shape index (κ2) is 4.73. The Morgan fingerprint density at radius 1 is 1.20 bits per heavy atom. The van der Waals surface area contributed by atoms with E-state index in [4.69, 9.17) is 28.9 Å². The Morgan fingerprint density at radius 3 is 2.53 bits per heavy atom. The fourth-order valence-electron chi connectivity index (χ4n) is 2.35. The summed E-state index contributed by atoms with van der Waals surface area (Å²) in [6.45, 7) is 0. The van der Waals surface area contributed by atoms with E-state index in [9.17, 15) is 0 Å². The molecule has 0 saturated heterocycles. The van der Waals surface area contributed by atoms with Gasteiger partial charge in [0.2, 0.25) is 0 Å². The van der Waals surface area contributed by atoms with Gasteiger partial charge < -0.3 is 5.73 Å². The highest BCUT2D eigenvalue weighted by Crippen LogP contribution is 2.38. The lowest BCUT2D eigenvalue weighted by Gasteiger charge is -2.20. The molecule has 0 radical (unpaired) electrons. The van der Waals surface area contributed by atoms with Gasteiger partial charge in [-0.2, -0.15) is 0 Å². The van der Waals surface area contributed by atoms with Crippen molar-refractivity contribution in [1.29, 1.82) is 0 Å². The normalized spacial score (nSPS) is 19.4. The van der Waals surface area contributed by atoms with Gasteiger partial charge >= 0.3 is 0 Å². The van der Waals surface area contributed by atoms with Crippen LogP contribution in [0.3, 0.4) is 0 Å².